The monoisotopic (exact) mass is 393 g/mol. The zero-order valence-corrected chi connectivity index (χ0v) is 17.2. The van der Waals surface area contributed by atoms with Crippen molar-refractivity contribution in [2.24, 2.45) is 17.8 Å². The summed E-state index contributed by atoms with van der Waals surface area (Å²) in [6, 6.07) is 0.394. The van der Waals surface area contributed by atoms with E-state index in [0.29, 0.717) is 12.5 Å². The van der Waals surface area contributed by atoms with Crippen molar-refractivity contribution in [3.05, 3.63) is 0 Å². The van der Waals surface area contributed by atoms with E-state index in [2.05, 4.69) is 10.2 Å². The molecule has 0 bridgehead atoms. The van der Waals surface area contributed by atoms with Crippen molar-refractivity contribution in [2.75, 3.05) is 26.2 Å². The summed E-state index contributed by atoms with van der Waals surface area (Å²) in [7, 11) is 0. The second-order valence-electron chi connectivity index (χ2n) is 9.03. The van der Waals surface area contributed by atoms with Crippen molar-refractivity contribution in [2.45, 2.75) is 70.9 Å². The van der Waals surface area contributed by atoms with E-state index in [4.69, 9.17) is 5.11 Å². The third-order valence-corrected chi connectivity index (χ3v) is 6.64. The summed E-state index contributed by atoms with van der Waals surface area (Å²) in [5, 5.41) is 12.3. The molecule has 0 aromatic heterocycles. The number of nitrogens with zero attached hydrogens (tertiary/aromatic N) is 2. The van der Waals surface area contributed by atoms with Gasteiger partial charge < -0.3 is 15.3 Å². The molecule has 0 aromatic rings. The number of amides is 2. The molecule has 0 aromatic carbocycles. The van der Waals surface area contributed by atoms with Gasteiger partial charge in [-0.05, 0) is 50.9 Å². The number of hydrogen-bond donors (Lipinski definition) is 2. The minimum absolute atomic E-state index is 0.0147. The van der Waals surface area contributed by atoms with E-state index >= 15 is 0 Å². The lowest BCUT2D eigenvalue weighted by atomic mass is 9.84. The van der Waals surface area contributed by atoms with Crippen LogP contribution in [0.15, 0.2) is 0 Å². The van der Waals surface area contributed by atoms with Gasteiger partial charge in [0.05, 0.1) is 12.5 Å². The fourth-order valence-electron chi connectivity index (χ4n) is 4.35. The van der Waals surface area contributed by atoms with Crippen LogP contribution in [0.3, 0.4) is 0 Å². The largest absolute Gasteiger partial charge is 0.480 e. The van der Waals surface area contributed by atoms with Crippen molar-refractivity contribution in [1.82, 2.24) is 15.1 Å². The number of rotatable bonds is 9. The molecule has 2 amide bonds. The summed E-state index contributed by atoms with van der Waals surface area (Å²) >= 11 is 0. The molecule has 3 fully saturated rings. The number of nitrogens with one attached hydrogen (secondary N) is 1. The fraction of sp³-hybridized carbons (Fsp3) is 0.857. The van der Waals surface area contributed by atoms with E-state index in [1.165, 1.54) is 12.8 Å². The molecular weight excluding hydrogens is 358 g/mol. The first-order chi connectivity index (χ1) is 13.4. The third-order valence-electron chi connectivity index (χ3n) is 6.64. The van der Waals surface area contributed by atoms with E-state index in [0.717, 1.165) is 45.2 Å². The summed E-state index contributed by atoms with van der Waals surface area (Å²) in [5.74, 6) is -0.0147. The number of carbonyl (C=O) groups is 3. The van der Waals surface area contributed by atoms with Gasteiger partial charge in [0.15, 0.2) is 0 Å². The van der Waals surface area contributed by atoms with Gasteiger partial charge in [0.25, 0.3) is 0 Å². The number of aliphatic carboxylic acids is 1. The number of carboxylic acids is 1. The SMILES string of the molecule is CCC(C)C(=O)N1CCCC(C(=O)NC2CC(N(CC(=O)O)CC3CC3)C2)C1. The molecule has 2 aliphatic carbocycles. The third kappa shape index (κ3) is 5.46. The van der Waals surface area contributed by atoms with Gasteiger partial charge in [-0.3, -0.25) is 19.3 Å². The van der Waals surface area contributed by atoms with Crippen LogP contribution in [0.2, 0.25) is 0 Å². The minimum Gasteiger partial charge on any atom is -0.480 e. The Labute approximate surface area is 167 Å². The molecule has 3 aliphatic rings. The highest BCUT2D eigenvalue weighted by Crippen LogP contribution is 2.34. The number of carboxylic acid groups (broad SMARTS) is 1. The van der Waals surface area contributed by atoms with E-state index in [-0.39, 0.29) is 42.3 Å². The van der Waals surface area contributed by atoms with Crippen LogP contribution >= 0.6 is 0 Å². The second kappa shape index (κ2) is 9.25. The molecule has 1 saturated heterocycles. The first-order valence-electron chi connectivity index (χ1n) is 10.9. The Balaban J connectivity index is 1.44. The molecule has 7 heteroatoms. The fourth-order valence-corrected chi connectivity index (χ4v) is 4.35. The van der Waals surface area contributed by atoms with Gasteiger partial charge in [0, 0.05) is 37.6 Å². The van der Waals surface area contributed by atoms with Gasteiger partial charge in [-0.25, -0.2) is 0 Å². The van der Waals surface area contributed by atoms with Crippen LogP contribution in [-0.4, -0.2) is 71.0 Å². The Bertz CT molecular complexity index is 586. The highest BCUT2D eigenvalue weighted by Gasteiger charge is 2.39. The Morgan fingerprint density at radius 3 is 2.54 bits per heavy atom. The second-order valence-corrected chi connectivity index (χ2v) is 9.03. The predicted molar refractivity (Wildman–Crippen MR) is 106 cm³/mol. The van der Waals surface area contributed by atoms with Gasteiger partial charge in [-0.2, -0.15) is 0 Å². The summed E-state index contributed by atoms with van der Waals surface area (Å²) in [4.78, 5) is 40.2. The summed E-state index contributed by atoms with van der Waals surface area (Å²) in [5.41, 5.74) is 0. The molecule has 158 valence electrons. The average molecular weight is 394 g/mol. The van der Waals surface area contributed by atoms with Gasteiger partial charge in [0.1, 0.15) is 0 Å². The summed E-state index contributed by atoms with van der Waals surface area (Å²) < 4.78 is 0. The van der Waals surface area contributed by atoms with Crippen molar-refractivity contribution >= 4 is 17.8 Å². The van der Waals surface area contributed by atoms with Crippen LogP contribution in [-0.2, 0) is 14.4 Å². The highest BCUT2D eigenvalue weighted by atomic mass is 16.4. The van der Waals surface area contributed by atoms with E-state index in [9.17, 15) is 14.4 Å². The van der Waals surface area contributed by atoms with Gasteiger partial charge >= 0.3 is 5.97 Å². The topological polar surface area (TPSA) is 90.0 Å². The van der Waals surface area contributed by atoms with Crippen LogP contribution in [0.4, 0.5) is 0 Å². The quantitative estimate of drug-likeness (QED) is 0.622. The molecule has 3 rings (SSSR count). The summed E-state index contributed by atoms with van der Waals surface area (Å²) in [6.45, 7) is 6.21. The molecule has 2 unspecified atom stereocenters. The number of piperidine rings is 1. The van der Waals surface area contributed by atoms with Gasteiger partial charge in [-0.1, -0.05) is 13.8 Å². The van der Waals surface area contributed by atoms with Gasteiger partial charge in [-0.15, -0.1) is 0 Å². The lowest BCUT2D eigenvalue weighted by Crippen LogP contribution is -2.57. The smallest absolute Gasteiger partial charge is 0.317 e. The highest BCUT2D eigenvalue weighted by molar-refractivity contribution is 5.82. The molecule has 0 spiro atoms. The Kier molecular flexibility index (Phi) is 6.96. The first kappa shape index (κ1) is 21.1. The van der Waals surface area contributed by atoms with Crippen molar-refractivity contribution in [1.29, 1.82) is 0 Å². The number of hydrogen-bond acceptors (Lipinski definition) is 4. The van der Waals surface area contributed by atoms with Crippen LogP contribution in [0.5, 0.6) is 0 Å². The standard InChI is InChI=1S/C21H35N3O4/c1-3-14(2)21(28)23-8-4-5-16(12-23)20(27)22-17-9-18(10-17)24(13-19(25)26)11-15-6-7-15/h14-18H,3-13H2,1-2H3,(H,22,27)(H,25,26). The molecule has 1 aliphatic heterocycles. The minimum atomic E-state index is -0.776. The number of carbonyl (C=O) groups excluding carboxylic acids is 2. The van der Waals surface area contributed by atoms with Crippen molar-refractivity contribution in [3.8, 4) is 0 Å². The van der Waals surface area contributed by atoms with Crippen LogP contribution in [0.25, 0.3) is 0 Å². The normalized spacial score (nSPS) is 28.5. The zero-order valence-electron chi connectivity index (χ0n) is 17.2. The first-order valence-corrected chi connectivity index (χ1v) is 10.9. The molecular formula is C21H35N3O4. The van der Waals surface area contributed by atoms with Crippen LogP contribution < -0.4 is 5.32 Å². The molecule has 2 saturated carbocycles. The maximum Gasteiger partial charge on any atom is 0.317 e. The molecule has 28 heavy (non-hydrogen) atoms. The average Bonchev–Trinajstić information content (AvgIpc) is 3.46. The van der Waals surface area contributed by atoms with Crippen molar-refractivity contribution < 1.29 is 19.5 Å². The lowest BCUT2D eigenvalue weighted by Gasteiger charge is -2.43. The molecule has 0 radical (unpaired) electrons. The predicted octanol–water partition coefficient (Wildman–Crippen LogP) is 1.71. The summed E-state index contributed by atoms with van der Waals surface area (Å²) in [6.07, 6.45) is 6.60. The Morgan fingerprint density at radius 2 is 1.93 bits per heavy atom. The van der Waals surface area contributed by atoms with Gasteiger partial charge in [0.2, 0.25) is 11.8 Å². The Hall–Kier alpha value is -1.63. The Morgan fingerprint density at radius 1 is 1.21 bits per heavy atom. The van der Waals surface area contributed by atoms with E-state index in [1.807, 2.05) is 18.7 Å². The van der Waals surface area contributed by atoms with Crippen LogP contribution in [0.1, 0.15) is 58.8 Å². The molecule has 1 heterocycles. The maximum absolute atomic E-state index is 12.7. The zero-order chi connectivity index (χ0) is 20.3. The van der Waals surface area contributed by atoms with Crippen molar-refractivity contribution in [3.63, 3.8) is 0 Å². The lowest BCUT2D eigenvalue weighted by molar-refractivity contribution is -0.141. The van der Waals surface area contributed by atoms with E-state index in [1.54, 1.807) is 0 Å². The molecule has 2 N–H and O–H groups in total. The maximum atomic E-state index is 12.7. The number of likely N-dealkylation sites (tertiary alicyclic amines) is 1. The molecule has 7 nitrogen and oxygen atoms in total. The van der Waals surface area contributed by atoms with Crippen LogP contribution in [0, 0.1) is 17.8 Å². The molecule has 2 atom stereocenters. The van der Waals surface area contributed by atoms with E-state index < -0.39 is 5.97 Å².